The largest absolute Gasteiger partial charge is 0.495 e. The number of nitrogens with one attached hydrogen (secondary N) is 5. The maximum atomic E-state index is 16.1. The van der Waals surface area contributed by atoms with E-state index in [0.717, 1.165) is 28.2 Å². The van der Waals surface area contributed by atoms with Crippen molar-refractivity contribution in [3.63, 3.8) is 0 Å². The second-order valence-electron chi connectivity index (χ2n) is 24.2. The number of anilines is 2. The molecule has 10 atom stereocenters. The normalized spacial score (nSPS) is 23.9. The van der Waals surface area contributed by atoms with Crippen molar-refractivity contribution in [1.82, 2.24) is 26.2 Å². The zero-order valence-electron chi connectivity index (χ0n) is 52.9. The van der Waals surface area contributed by atoms with Crippen LogP contribution < -0.4 is 42.0 Å². The number of hydrogen-bond acceptors (Lipinski definition) is 16. The summed E-state index contributed by atoms with van der Waals surface area (Å²) in [7, 11) is 5.60. The third-order valence-corrected chi connectivity index (χ3v) is 18.3. The first-order valence-electron chi connectivity index (χ1n) is 29.7. The molecule has 498 valence electrons. The van der Waals surface area contributed by atoms with Gasteiger partial charge >= 0.3 is 24.1 Å². The van der Waals surface area contributed by atoms with Crippen molar-refractivity contribution in [2.75, 3.05) is 55.7 Å². The summed E-state index contributed by atoms with van der Waals surface area (Å²) in [6.07, 6.45) is 1.25. The highest BCUT2D eigenvalue weighted by molar-refractivity contribution is 9.09. The molecule has 0 aliphatic carbocycles. The summed E-state index contributed by atoms with van der Waals surface area (Å²) in [5.74, 6) is -7.03. The lowest BCUT2D eigenvalue weighted by Gasteiger charge is -2.42. The molecule has 8 N–H and O–H groups in total. The summed E-state index contributed by atoms with van der Waals surface area (Å²) in [6, 6.07) is 2.00. The molecular formula is C62H86Br2ClFN8O16. The van der Waals surface area contributed by atoms with E-state index in [1.54, 1.807) is 65.8 Å². The number of nitrogens with two attached hydrogens (primary N) is 1. The number of primary amides is 1. The van der Waals surface area contributed by atoms with Crippen molar-refractivity contribution in [1.29, 1.82) is 0 Å². The van der Waals surface area contributed by atoms with Gasteiger partial charge in [0.25, 0.3) is 5.91 Å². The maximum absolute atomic E-state index is 16.1. The average Bonchev–Trinajstić information content (AvgIpc) is 1.57. The van der Waals surface area contributed by atoms with Gasteiger partial charge in [0.15, 0.2) is 5.72 Å². The molecule has 2 aromatic rings. The van der Waals surface area contributed by atoms with Gasteiger partial charge in [0.05, 0.1) is 36.9 Å². The van der Waals surface area contributed by atoms with Gasteiger partial charge in [-0.15, -0.1) is 0 Å². The Bertz CT molecular complexity index is 3030. The molecule has 0 spiro atoms. The lowest BCUT2D eigenvalue weighted by atomic mass is 9.83. The van der Waals surface area contributed by atoms with E-state index in [1.807, 2.05) is 13.0 Å². The maximum Gasteiger partial charge on any atom is 0.409 e. The molecule has 90 heavy (non-hydrogen) atoms. The Morgan fingerprint density at radius 2 is 1.70 bits per heavy atom. The number of amides is 8. The van der Waals surface area contributed by atoms with Gasteiger partial charge in [0.1, 0.15) is 64.2 Å². The number of alkyl carbamates (subject to hydrolysis) is 1. The number of alkyl halides is 2. The molecule has 24 nitrogen and oxygen atoms in total. The van der Waals surface area contributed by atoms with Crippen molar-refractivity contribution in [2.24, 2.45) is 23.5 Å². The number of allylic oxidation sites excluding steroid dienone is 3. The molecule has 2 fully saturated rings. The van der Waals surface area contributed by atoms with E-state index in [1.165, 1.54) is 46.2 Å². The fourth-order valence-corrected chi connectivity index (χ4v) is 12.5. The SMILES string of the molecule is COc1cc2cc(c1Cl)N(C)C(=O)C[C@H](OC(=O)[C@H](C)N(C)C(=O)c1ccc(NC(=O)[C@H](CCCNC(N)=O)NC(=O)[C@@H](NC(=O)CCCCC(C)(C)OC(=O)C(CBr)CBr)C(C)C)c(F)c1)[C@]1(C)O[C@H]1[C@H](C)[C@@H]1C[C@@](O)(NC(=O)O1)[C@H](OC)/C=C/C=C(\C)C2. The number of nitrogens with zero attached hydrogens (tertiary/aromatic N) is 2. The van der Waals surface area contributed by atoms with Crippen LogP contribution in [0.5, 0.6) is 5.75 Å². The monoisotopic (exact) mass is 1410 g/mol. The van der Waals surface area contributed by atoms with Crippen LogP contribution in [0, 0.1) is 23.6 Å². The fourth-order valence-electron chi connectivity index (χ4n) is 10.6. The molecule has 3 aliphatic heterocycles. The Kier molecular flexibility index (Phi) is 27.1. The molecule has 28 heteroatoms. The van der Waals surface area contributed by atoms with Crippen LogP contribution in [0.2, 0.25) is 5.02 Å². The van der Waals surface area contributed by atoms with Gasteiger partial charge in [-0.05, 0) is 115 Å². The average molecular weight is 1410 g/mol. The van der Waals surface area contributed by atoms with Gasteiger partial charge in [-0.2, -0.15) is 0 Å². The number of unbranched alkanes of at least 4 members (excludes halogenated alkanes) is 1. The molecule has 8 amide bonds. The minimum Gasteiger partial charge on any atom is -0.495 e. The molecular weight excluding hydrogens is 1330 g/mol. The first-order valence-corrected chi connectivity index (χ1v) is 32.3. The number of benzene rings is 2. The summed E-state index contributed by atoms with van der Waals surface area (Å²) in [5, 5.41) is 25.7. The molecule has 0 radical (unpaired) electrons. The van der Waals surface area contributed by atoms with Crippen molar-refractivity contribution in [2.45, 2.75) is 173 Å². The van der Waals surface area contributed by atoms with Crippen molar-refractivity contribution in [3.8, 4) is 5.75 Å². The quantitative estimate of drug-likeness (QED) is 0.0169. The zero-order valence-corrected chi connectivity index (χ0v) is 56.9. The van der Waals surface area contributed by atoms with Crippen LogP contribution in [0.4, 0.5) is 25.4 Å². The molecule has 3 aliphatic rings. The minimum atomic E-state index is -1.94. The lowest BCUT2D eigenvalue weighted by molar-refractivity contribution is -0.161. The van der Waals surface area contributed by atoms with Gasteiger partial charge < -0.3 is 70.3 Å². The predicted octanol–water partition coefficient (Wildman–Crippen LogP) is 7.27. The number of urea groups is 1. The van der Waals surface area contributed by atoms with Gasteiger partial charge in [0.2, 0.25) is 23.6 Å². The van der Waals surface area contributed by atoms with Crippen LogP contribution in [-0.2, 0) is 58.9 Å². The number of ether oxygens (including phenoxy) is 6. The van der Waals surface area contributed by atoms with Crippen LogP contribution in [0.15, 0.2) is 54.1 Å². The zero-order chi connectivity index (χ0) is 67.2. The van der Waals surface area contributed by atoms with Crippen LogP contribution in [0.3, 0.4) is 0 Å². The summed E-state index contributed by atoms with van der Waals surface area (Å²) in [5.41, 5.74) is 2.33. The Morgan fingerprint density at radius 3 is 2.32 bits per heavy atom. The summed E-state index contributed by atoms with van der Waals surface area (Å²) < 4.78 is 51.3. The molecule has 2 saturated heterocycles. The van der Waals surface area contributed by atoms with Crippen LogP contribution in [0.25, 0.3) is 0 Å². The minimum absolute atomic E-state index is 0.0201. The topological polar surface area (TPSA) is 325 Å². The third kappa shape index (κ3) is 19.8. The third-order valence-electron chi connectivity index (χ3n) is 16.3. The Labute approximate surface area is 546 Å². The molecule has 5 rings (SSSR count). The smallest absolute Gasteiger partial charge is 0.409 e. The number of rotatable bonds is 25. The number of fused-ring (bicyclic) bond motifs is 5. The molecule has 0 unspecified atom stereocenters. The van der Waals surface area contributed by atoms with Crippen LogP contribution in [0.1, 0.15) is 123 Å². The number of methoxy groups -OCH3 is 2. The van der Waals surface area contributed by atoms with Crippen molar-refractivity contribution >= 4 is 108 Å². The second kappa shape index (κ2) is 32.8. The van der Waals surface area contributed by atoms with E-state index >= 15 is 4.39 Å². The van der Waals surface area contributed by atoms with E-state index in [0.29, 0.717) is 36.3 Å². The standard InChI is InChI=1S/C62H86Br2ClFN8O16/c1-33(2)51(71-48(75)20-13-14-23-60(6,7)90-57(81)39(31-63)32-64)54(78)70-42(18-16-24-68-58(67)82)53(77)69-41-22-21-38(28-40(41)66)55(79)73(9)36(5)56(80)88-47-29-49(76)74(10)43-26-37(27-44(85-11)50(43)65)25-34(3)17-15-19-46(86-12)62(84)30-45(87-59(83)72-62)35(4)52-61(47,8)89-52/h15,17,19,21-22,26-28,33,35-36,39,42,45-47,51-52,84H,13-14,16,18,20,23-25,29-32H2,1-12H3,(H,69,77)(H,70,78)(H,71,75)(H,72,83)(H3,67,68,82)/b19-15+,34-17+/t35-,36+,42+,45+,46-,47+,51+,52+,61+,62+/m1/s1. The van der Waals surface area contributed by atoms with Crippen LogP contribution in [-0.4, -0.2) is 169 Å². The number of hydrogen-bond donors (Lipinski definition) is 7. The van der Waals surface area contributed by atoms with E-state index in [2.05, 4.69) is 58.4 Å². The first-order chi connectivity index (χ1) is 42.2. The molecule has 4 bridgehead atoms. The number of carbonyl (C=O) groups excluding carboxylic acids is 9. The van der Waals surface area contributed by atoms with Crippen LogP contribution >= 0.6 is 43.5 Å². The predicted molar refractivity (Wildman–Crippen MR) is 341 cm³/mol. The van der Waals surface area contributed by atoms with E-state index in [4.69, 9.17) is 45.8 Å². The lowest BCUT2D eigenvalue weighted by Crippen LogP contribution is -2.63. The number of likely N-dealkylation sites (N-methyl/N-ethyl adjacent to an activating group) is 1. The first kappa shape index (κ1) is 74.3. The molecule has 3 heterocycles. The number of esters is 2. The van der Waals surface area contributed by atoms with Gasteiger partial charge in [0, 0.05) is 62.7 Å². The Balaban J connectivity index is 1.32. The molecule has 0 saturated carbocycles. The van der Waals surface area contributed by atoms with Crippen molar-refractivity contribution in [3.05, 3.63) is 76.1 Å². The summed E-state index contributed by atoms with van der Waals surface area (Å²) in [4.78, 5) is 123. The molecule has 0 aromatic heterocycles. The van der Waals surface area contributed by atoms with Gasteiger partial charge in [-0.25, -0.2) is 18.8 Å². The number of carbonyl (C=O) groups is 9. The van der Waals surface area contributed by atoms with Gasteiger partial charge in [-0.3, -0.25) is 34.1 Å². The Morgan fingerprint density at radius 1 is 1.01 bits per heavy atom. The van der Waals surface area contributed by atoms with E-state index in [-0.39, 0.29) is 71.8 Å². The second-order valence-corrected chi connectivity index (χ2v) is 25.8. The number of halogens is 4. The van der Waals surface area contributed by atoms with E-state index in [9.17, 15) is 48.3 Å². The number of aliphatic hydroxyl groups is 1. The summed E-state index contributed by atoms with van der Waals surface area (Å²) >= 11 is 13.5. The van der Waals surface area contributed by atoms with Crippen molar-refractivity contribution < 1.29 is 81.1 Å². The van der Waals surface area contributed by atoms with Gasteiger partial charge in [-0.1, -0.05) is 88.0 Å². The highest BCUT2D eigenvalue weighted by Crippen LogP contribution is 2.49. The van der Waals surface area contributed by atoms with E-state index < -0.39 is 131 Å². The highest BCUT2D eigenvalue weighted by Gasteiger charge is 2.64. The summed E-state index contributed by atoms with van der Waals surface area (Å²) in [6.45, 7) is 13.6. The molecule has 2 aromatic carbocycles. The Hall–Kier alpha value is -6.39. The fraction of sp³-hybridized carbons (Fsp3) is 0.597. The number of epoxide rings is 1. The highest BCUT2D eigenvalue weighted by atomic mass is 79.9.